The van der Waals surface area contributed by atoms with Crippen molar-refractivity contribution in [3.05, 3.63) is 27.5 Å². The van der Waals surface area contributed by atoms with Gasteiger partial charge in [-0.1, -0.05) is 6.58 Å². The van der Waals surface area contributed by atoms with Gasteiger partial charge in [-0.05, 0) is 6.92 Å². The maximum atomic E-state index is 11.1. The Morgan fingerprint density at radius 1 is 1.50 bits per heavy atom. The van der Waals surface area contributed by atoms with Gasteiger partial charge in [-0.3, -0.25) is 0 Å². The number of ether oxygens (including phenoxy) is 1. The van der Waals surface area contributed by atoms with Gasteiger partial charge < -0.3 is 29.6 Å². The van der Waals surface area contributed by atoms with Gasteiger partial charge in [0.25, 0.3) is 0 Å². The van der Waals surface area contributed by atoms with E-state index in [2.05, 4.69) is 6.58 Å². The zero-order valence-electron chi connectivity index (χ0n) is 11.9. The number of halogens is 1. The first kappa shape index (κ1) is 20.9. The molecule has 1 N–H and O–H groups in total. The van der Waals surface area contributed by atoms with Crippen molar-refractivity contribution in [3.63, 3.8) is 0 Å². The molecule has 0 aliphatic carbocycles. The molecule has 0 aliphatic heterocycles. The summed E-state index contributed by atoms with van der Waals surface area (Å²) >= 11 is 5.53. The van der Waals surface area contributed by atoms with E-state index in [4.69, 9.17) is 31.7 Å². The lowest BCUT2D eigenvalue weighted by atomic mass is 10.3. The molecule has 9 heteroatoms. The highest BCUT2D eigenvalue weighted by Gasteiger charge is 2.20. The van der Waals surface area contributed by atoms with Crippen LogP contribution in [0.4, 0.5) is 0 Å². The van der Waals surface area contributed by atoms with Crippen molar-refractivity contribution in [2.75, 3.05) is 39.7 Å². The monoisotopic (exact) mass is 312 g/mol. The smallest absolute Gasteiger partial charge is 0.333 e. The topological polar surface area (TPSA) is 113 Å². The molecule has 0 saturated heterocycles. The van der Waals surface area contributed by atoms with E-state index in [1.807, 2.05) is 14.1 Å². The molecule has 0 aromatic heterocycles. The third-order valence-corrected chi connectivity index (χ3v) is 2.52. The van der Waals surface area contributed by atoms with Gasteiger partial charge in [0.1, 0.15) is 25.8 Å². The fourth-order valence-electron chi connectivity index (χ4n) is 1.22. The Balaban J connectivity index is 0. The number of likely N-dealkylation sites (N-methyl/N-ethyl adjacent to an activating group) is 1. The Bertz CT molecular complexity index is 331. The molecular formula is C11H21ClN2O6. The SMILES string of the molecule is C=C(C)C(=O)OCC[N+](C)(C)CC(O)CCl.O=[N+]([O-])[O-]. The number of nitrogens with zero attached hydrogens (tertiary/aromatic N) is 2. The summed E-state index contributed by atoms with van der Waals surface area (Å²) in [6.45, 7) is 6.59. The molecule has 0 bridgehead atoms. The van der Waals surface area contributed by atoms with Crippen LogP contribution in [0, 0.1) is 15.3 Å². The van der Waals surface area contributed by atoms with Crippen LogP contribution in [0.1, 0.15) is 6.92 Å². The van der Waals surface area contributed by atoms with E-state index in [0.29, 0.717) is 29.8 Å². The molecule has 0 spiro atoms. The summed E-state index contributed by atoms with van der Waals surface area (Å²) in [6.07, 6.45) is -0.534. The minimum Gasteiger partial charge on any atom is -0.456 e. The van der Waals surface area contributed by atoms with E-state index in [9.17, 15) is 9.90 Å². The molecule has 0 aromatic carbocycles. The van der Waals surface area contributed by atoms with Crippen LogP contribution in [-0.2, 0) is 9.53 Å². The van der Waals surface area contributed by atoms with Crippen molar-refractivity contribution in [2.24, 2.45) is 0 Å². The van der Waals surface area contributed by atoms with Gasteiger partial charge in [-0.25, -0.2) is 4.79 Å². The Hall–Kier alpha value is -1.38. The minimum absolute atomic E-state index is 0.216. The molecular weight excluding hydrogens is 292 g/mol. The number of rotatable bonds is 7. The number of hydrogen-bond acceptors (Lipinski definition) is 6. The Morgan fingerprint density at radius 3 is 2.30 bits per heavy atom. The second kappa shape index (κ2) is 10.4. The first-order valence-corrected chi connectivity index (χ1v) is 6.25. The molecule has 8 nitrogen and oxygen atoms in total. The summed E-state index contributed by atoms with van der Waals surface area (Å²) in [4.78, 5) is 19.4. The lowest BCUT2D eigenvalue weighted by Gasteiger charge is -2.31. The third-order valence-electron chi connectivity index (χ3n) is 2.16. The van der Waals surface area contributed by atoms with Crippen LogP contribution in [0.3, 0.4) is 0 Å². The fraction of sp³-hybridized carbons (Fsp3) is 0.727. The molecule has 1 atom stereocenters. The highest BCUT2D eigenvalue weighted by molar-refractivity contribution is 6.18. The molecule has 118 valence electrons. The van der Waals surface area contributed by atoms with Crippen LogP contribution in [0.5, 0.6) is 0 Å². The number of aliphatic hydroxyl groups is 1. The summed E-state index contributed by atoms with van der Waals surface area (Å²) in [7, 11) is 3.90. The van der Waals surface area contributed by atoms with E-state index in [1.54, 1.807) is 6.92 Å². The van der Waals surface area contributed by atoms with E-state index in [0.717, 1.165) is 0 Å². The van der Waals surface area contributed by atoms with Gasteiger partial charge in [0.15, 0.2) is 0 Å². The predicted octanol–water partition coefficient (Wildman–Crippen LogP) is 0.543. The lowest BCUT2D eigenvalue weighted by molar-refractivity contribution is -0.893. The van der Waals surface area contributed by atoms with Gasteiger partial charge in [-0.15, -0.1) is 11.6 Å². The Kier molecular flexibility index (Phi) is 10.9. The quantitative estimate of drug-likeness (QED) is 0.183. The highest BCUT2D eigenvalue weighted by Crippen LogP contribution is 2.02. The van der Waals surface area contributed by atoms with Crippen molar-refractivity contribution in [2.45, 2.75) is 13.0 Å². The van der Waals surface area contributed by atoms with Crippen LogP contribution >= 0.6 is 11.6 Å². The van der Waals surface area contributed by atoms with Crippen molar-refractivity contribution in [1.82, 2.24) is 0 Å². The molecule has 0 amide bonds. The molecule has 0 saturated carbocycles. The number of aliphatic hydroxyl groups excluding tert-OH is 1. The number of hydrogen-bond donors (Lipinski definition) is 1. The van der Waals surface area contributed by atoms with Crippen LogP contribution < -0.4 is 0 Å². The highest BCUT2D eigenvalue weighted by atomic mass is 35.5. The third kappa shape index (κ3) is 14.7. The molecule has 0 heterocycles. The average Bonchev–Trinajstić information content (AvgIpc) is 2.26. The molecule has 1 unspecified atom stereocenters. The standard InChI is InChI=1S/C11H21ClNO3.NO3/c1-9(2)11(15)16-6-5-13(3,4)8-10(14)7-12;2-1(3)4/h10,14H,1,5-8H2,2-4H3;/q+1;-1. The van der Waals surface area contributed by atoms with Gasteiger partial charge in [0.2, 0.25) is 0 Å². The van der Waals surface area contributed by atoms with Gasteiger partial charge in [-0.2, -0.15) is 0 Å². The second-order valence-electron chi connectivity index (χ2n) is 4.79. The minimum atomic E-state index is -1.75. The van der Waals surface area contributed by atoms with Crippen LogP contribution in [0.2, 0.25) is 0 Å². The van der Waals surface area contributed by atoms with Gasteiger partial charge in [0, 0.05) is 5.57 Å². The summed E-state index contributed by atoms with van der Waals surface area (Å²) in [5.41, 5.74) is 0.395. The molecule has 0 aromatic rings. The number of alkyl halides is 1. The van der Waals surface area contributed by atoms with E-state index in [1.165, 1.54) is 0 Å². The van der Waals surface area contributed by atoms with Crippen molar-refractivity contribution < 1.29 is 24.2 Å². The summed E-state index contributed by atoms with van der Waals surface area (Å²) < 4.78 is 5.54. The molecule has 0 aliphatic rings. The maximum Gasteiger partial charge on any atom is 0.333 e. The van der Waals surface area contributed by atoms with Gasteiger partial charge >= 0.3 is 5.97 Å². The number of esters is 1. The molecule has 0 radical (unpaired) electrons. The van der Waals surface area contributed by atoms with Crippen molar-refractivity contribution in [3.8, 4) is 0 Å². The summed E-state index contributed by atoms with van der Waals surface area (Å²) in [5.74, 6) is -0.161. The second-order valence-corrected chi connectivity index (χ2v) is 5.10. The Labute approximate surface area is 122 Å². The van der Waals surface area contributed by atoms with Crippen molar-refractivity contribution >= 4 is 17.6 Å². The maximum absolute atomic E-state index is 11.1. The first-order chi connectivity index (χ1) is 9.01. The van der Waals surface area contributed by atoms with Crippen LogP contribution in [-0.4, -0.2) is 66.4 Å². The lowest BCUT2D eigenvalue weighted by Crippen LogP contribution is -2.48. The van der Waals surface area contributed by atoms with E-state index >= 15 is 0 Å². The van der Waals surface area contributed by atoms with E-state index in [-0.39, 0.29) is 11.8 Å². The zero-order valence-corrected chi connectivity index (χ0v) is 12.6. The Morgan fingerprint density at radius 2 is 1.95 bits per heavy atom. The van der Waals surface area contributed by atoms with Crippen LogP contribution in [0.15, 0.2) is 12.2 Å². The normalized spacial score (nSPS) is 11.8. The molecule has 20 heavy (non-hydrogen) atoms. The largest absolute Gasteiger partial charge is 0.456 e. The first-order valence-electron chi connectivity index (χ1n) is 5.72. The summed E-state index contributed by atoms with van der Waals surface area (Å²) in [5, 5.41) is 24.2. The number of quaternary nitrogens is 1. The summed E-state index contributed by atoms with van der Waals surface area (Å²) in [6, 6.07) is 0. The van der Waals surface area contributed by atoms with E-state index < -0.39 is 11.2 Å². The predicted molar refractivity (Wildman–Crippen MR) is 74.7 cm³/mol. The van der Waals surface area contributed by atoms with Crippen molar-refractivity contribution in [1.29, 1.82) is 0 Å². The zero-order chi connectivity index (χ0) is 16.3. The number of carbonyl (C=O) groups is 1. The molecule has 0 fully saturated rings. The molecule has 0 rings (SSSR count). The number of carbonyl (C=O) groups excluding carboxylic acids is 1. The fourth-order valence-corrected chi connectivity index (χ4v) is 1.32. The van der Waals surface area contributed by atoms with Gasteiger partial charge in [0.05, 0.1) is 25.1 Å². The van der Waals surface area contributed by atoms with Crippen LogP contribution in [0.25, 0.3) is 0 Å². The average molecular weight is 313 g/mol.